The van der Waals surface area contributed by atoms with Gasteiger partial charge in [0.05, 0.1) is 5.02 Å². The molecule has 0 spiro atoms. The molecule has 2 nitrogen and oxygen atoms in total. The van der Waals surface area contributed by atoms with E-state index in [2.05, 4.69) is 5.32 Å². The lowest BCUT2D eigenvalue weighted by molar-refractivity contribution is 0.0944. The summed E-state index contributed by atoms with van der Waals surface area (Å²) in [5.41, 5.74) is 0.459. The second-order valence-electron chi connectivity index (χ2n) is 4.75. The molecule has 18 heavy (non-hydrogen) atoms. The van der Waals surface area contributed by atoms with Gasteiger partial charge in [-0.2, -0.15) is 0 Å². The summed E-state index contributed by atoms with van der Waals surface area (Å²) in [6, 6.07) is 4.05. The van der Waals surface area contributed by atoms with Crippen LogP contribution in [0.4, 0.5) is 4.39 Å². The first kappa shape index (κ1) is 13.6. The minimum Gasteiger partial charge on any atom is -0.351 e. The summed E-state index contributed by atoms with van der Waals surface area (Å²) >= 11 is 11.3. The molecule has 0 aliphatic heterocycles. The number of benzene rings is 1. The number of hydrogen-bond donors (Lipinski definition) is 1. The lowest BCUT2D eigenvalue weighted by Gasteiger charge is -2.14. The van der Waals surface area contributed by atoms with Crippen molar-refractivity contribution in [3.8, 4) is 0 Å². The quantitative estimate of drug-likeness (QED) is 0.824. The van der Waals surface area contributed by atoms with Crippen molar-refractivity contribution in [2.24, 2.45) is 5.41 Å². The van der Waals surface area contributed by atoms with Crippen molar-refractivity contribution in [1.82, 2.24) is 5.32 Å². The zero-order valence-corrected chi connectivity index (χ0v) is 11.3. The van der Waals surface area contributed by atoms with Gasteiger partial charge < -0.3 is 5.32 Å². The number of alkyl halides is 1. The molecule has 98 valence electrons. The summed E-state index contributed by atoms with van der Waals surface area (Å²) < 4.78 is 13.2. The highest BCUT2D eigenvalue weighted by atomic mass is 35.5. The Morgan fingerprint density at radius 3 is 2.72 bits per heavy atom. The van der Waals surface area contributed by atoms with Crippen molar-refractivity contribution in [2.45, 2.75) is 19.3 Å². The average molecular weight is 290 g/mol. The molecule has 1 aliphatic carbocycles. The third-order valence-electron chi connectivity index (χ3n) is 3.39. The van der Waals surface area contributed by atoms with Crippen molar-refractivity contribution < 1.29 is 9.18 Å². The minimum absolute atomic E-state index is 0.0207. The van der Waals surface area contributed by atoms with E-state index in [0.717, 1.165) is 25.3 Å². The third kappa shape index (κ3) is 3.15. The van der Waals surface area contributed by atoms with Crippen molar-refractivity contribution in [1.29, 1.82) is 0 Å². The molecule has 0 unspecified atom stereocenters. The first-order chi connectivity index (χ1) is 8.56. The Kier molecular flexibility index (Phi) is 4.13. The van der Waals surface area contributed by atoms with Crippen LogP contribution in [0.25, 0.3) is 0 Å². The molecule has 0 saturated heterocycles. The number of hydrogen-bond acceptors (Lipinski definition) is 1. The van der Waals surface area contributed by atoms with E-state index in [4.69, 9.17) is 23.2 Å². The Bertz CT molecular complexity index is 460. The molecule has 1 aromatic rings. The van der Waals surface area contributed by atoms with E-state index >= 15 is 0 Å². The lowest BCUT2D eigenvalue weighted by Crippen LogP contribution is -2.30. The summed E-state index contributed by atoms with van der Waals surface area (Å²) in [6.07, 6.45) is 3.09. The molecule has 1 fully saturated rings. The average Bonchev–Trinajstić information content (AvgIpc) is 3.11. The van der Waals surface area contributed by atoms with Crippen LogP contribution in [0.15, 0.2) is 18.2 Å². The maximum absolute atomic E-state index is 13.2. The predicted molar refractivity (Wildman–Crippen MR) is 70.7 cm³/mol. The van der Waals surface area contributed by atoms with Crippen LogP contribution in [0.3, 0.4) is 0 Å². The van der Waals surface area contributed by atoms with Crippen LogP contribution in [0.2, 0.25) is 5.02 Å². The van der Waals surface area contributed by atoms with Gasteiger partial charge in [-0.1, -0.05) is 11.6 Å². The molecular weight excluding hydrogens is 276 g/mol. The Labute approximate surface area is 115 Å². The normalized spacial score (nSPS) is 16.4. The lowest BCUT2D eigenvalue weighted by atomic mass is 10.0. The van der Waals surface area contributed by atoms with Gasteiger partial charge in [-0.05, 0) is 42.9 Å². The summed E-state index contributed by atoms with van der Waals surface area (Å²) in [6.45, 7) is 0.600. The topological polar surface area (TPSA) is 29.1 Å². The Hall–Kier alpha value is -0.800. The standard InChI is InChI=1S/C13H14Cl2FNO/c14-6-5-13(3-4-13)8-17-12(18)9-1-2-10(15)11(16)7-9/h1-2,7H,3-6,8H2,(H,17,18). The third-order valence-corrected chi connectivity index (χ3v) is 3.88. The first-order valence-corrected chi connectivity index (χ1v) is 6.77. The fraction of sp³-hybridized carbons (Fsp3) is 0.462. The highest BCUT2D eigenvalue weighted by Crippen LogP contribution is 2.48. The zero-order chi connectivity index (χ0) is 13.2. The summed E-state index contributed by atoms with van der Waals surface area (Å²) in [7, 11) is 0. The molecule has 2 rings (SSSR count). The fourth-order valence-electron chi connectivity index (χ4n) is 1.90. The summed E-state index contributed by atoms with van der Waals surface area (Å²) in [4.78, 5) is 11.8. The van der Waals surface area contributed by atoms with Crippen LogP contribution in [0.5, 0.6) is 0 Å². The van der Waals surface area contributed by atoms with Gasteiger partial charge in [-0.3, -0.25) is 4.79 Å². The van der Waals surface area contributed by atoms with Gasteiger partial charge in [-0.15, -0.1) is 11.6 Å². The molecule has 1 N–H and O–H groups in total. The molecule has 0 aromatic heterocycles. The van der Waals surface area contributed by atoms with Crippen LogP contribution in [-0.4, -0.2) is 18.3 Å². The molecule has 5 heteroatoms. The number of amides is 1. The fourth-order valence-corrected chi connectivity index (χ4v) is 2.42. The largest absolute Gasteiger partial charge is 0.351 e. The highest BCUT2D eigenvalue weighted by molar-refractivity contribution is 6.30. The van der Waals surface area contributed by atoms with E-state index in [9.17, 15) is 9.18 Å². The molecule has 1 aromatic carbocycles. The first-order valence-electron chi connectivity index (χ1n) is 5.86. The maximum Gasteiger partial charge on any atom is 0.251 e. The van der Waals surface area contributed by atoms with Gasteiger partial charge in [0.2, 0.25) is 0 Å². The Morgan fingerprint density at radius 1 is 1.44 bits per heavy atom. The zero-order valence-electron chi connectivity index (χ0n) is 9.81. The second-order valence-corrected chi connectivity index (χ2v) is 5.54. The van der Waals surface area contributed by atoms with Crippen LogP contribution in [0.1, 0.15) is 29.6 Å². The van der Waals surface area contributed by atoms with E-state index in [-0.39, 0.29) is 16.3 Å². The molecule has 0 atom stereocenters. The monoisotopic (exact) mass is 289 g/mol. The van der Waals surface area contributed by atoms with Crippen LogP contribution in [-0.2, 0) is 0 Å². The number of nitrogens with one attached hydrogen (secondary N) is 1. The van der Waals surface area contributed by atoms with E-state index in [1.165, 1.54) is 12.1 Å². The number of carbonyl (C=O) groups excluding carboxylic acids is 1. The molecule has 1 amide bonds. The minimum atomic E-state index is -0.578. The molecule has 1 aliphatic rings. The van der Waals surface area contributed by atoms with Crippen molar-refractivity contribution in [3.63, 3.8) is 0 Å². The van der Waals surface area contributed by atoms with E-state index in [1.807, 2.05) is 0 Å². The second kappa shape index (κ2) is 5.45. The SMILES string of the molecule is O=C(NCC1(CCCl)CC1)c1ccc(Cl)c(F)c1. The predicted octanol–water partition coefficient (Wildman–Crippen LogP) is 3.62. The van der Waals surface area contributed by atoms with Gasteiger partial charge in [0.15, 0.2) is 0 Å². The summed E-state index contributed by atoms with van der Waals surface area (Å²) in [5.74, 6) is -0.247. The van der Waals surface area contributed by atoms with Crippen molar-refractivity contribution in [3.05, 3.63) is 34.6 Å². The molecular formula is C13H14Cl2FNO. The van der Waals surface area contributed by atoms with Crippen molar-refractivity contribution in [2.75, 3.05) is 12.4 Å². The van der Waals surface area contributed by atoms with Gasteiger partial charge in [0.1, 0.15) is 5.82 Å². The maximum atomic E-state index is 13.2. The van der Waals surface area contributed by atoms with Crippen molar-refractivity contribution >= 4 is 29.1 Å². The van der Waals surface area contributed by atoms with Gasteiger partial charge in [0, 0.05) is 18.0 Å². The van der Waals surface area contributed by atoms with E-state index in [0.29, 0.717) is 18.0 Å². The number of rotatable bonds is 5. The number of carbonyl (C=O) groups is 1. The number of halogens is 3. The van der Waals surface area contributed by atoms with Gasteiger partial charge in [0.25, 0.3) is 5.91 Å². The molecule has 1 saturated carbocycles. The van der Waals surface area contributed by atoms with Crippen LogP contribution in [0, 0.1) is 11.2 Å². The molecule has 0 bridgehead atoms. The van der Waals surface area contributed by atoms with Gasteiger partial charge >= 0.3 is 0 Å². The molecule has 0 heterocycles. The summed E-state index contributed by atoms with van der Waals surface area (Å²) in [5, 5.41) is 2.85. The smallest absolute Gasteiger partial charge is 0.251 e. The van der Waals surface area contributed by atoms with E-state index in [1.54, 1.807) is 0 Å². The van der Waals surface area contributed by atoms with Gasteiger partial charge in [-0.25, -0.2) is 4.39 Å². The Balaban J connectivity index is 1.93. The van der Waals surface area contributed by atoms with Crippen LogP contribution < -0.4 is 5.32 Å². The highest BCUT2D eigenvalue weighted by Gasteiger charge is 2.41. The van der Waals surface area contributed by atoms with Crippen LogP contribution >= 0.6 is 23.2 Å². The molecule has 0 radical (unpaired) electrons. The van der Waals surface area contributed by atoms with E-state index < -0.39 is 5.82 Å². The Morgan fingerprint density at radius 2 is 2.17 bits per heavy atom.